The van der Waals surface area contributed by atoms with Gasteiger partial charge in [-0.15, -0.1) is 5.10 Å². The van der Waals surface area contributed by atoms with Gasteiger partial charge in [-0.25, -0.2) is 4.52 Å². The molecule has 4 nitrogen and oxygen atoms in total. The van der Waals surface area contributed by atoms with E-state index in [0.717, 1.165) is 27.7 Å². The SMILES string of the molecule is Ic1cccnc1-c1nnn2c(I)c(I)ccc12. The maximum Gasteiger partial charge on any atom is 0.140 e. The lowest BCUT2D eigenvalue weighted by Crippen LogP contribution is -1.95. The molecule has 7 heteroatoms. The molecule has 0 unspecified atom stereocenters. The highest BCUT2D eigenvalue weighted by Crippen LogP contribution is 2.26. The number of hydrogen-bond donors (Lipinski definition) is 0. The van der Waals surface area contributed by atoms with Crippen LogP contribution >= 0.6 is 67.8 Å². The third-order valence-corrected chi connectivity index (χ3v) is 6.27. The fraction of sp³-hybridized carbons (Fsp3) is 0. The van der Waals surface area contributed by atoms with E-state index in [1.165, 1.54) is 0 Å². The van der Waals surface area contributed by atoms with Crippen molar-refractivity contribution in [3.05, 3.63) is 41.3 Å². The van der Waals surface area contributed by atoms with Crippen LogP contribution in [0.5, 0.6) is 0 Å². The van der Waals surface area contributed by atoms with Crippen LogP contribution in [0.3, 0.4) is 0 Å². The molecule has 0 N–H and O–H groups in total. The Balaban J connectivity index is 2.32. The summed E-state index contributed by atoms with van der Waals surface area (Å²) in [6.45, 7) is 0. The maximum absolute atomic E-state index is 4.40. The number of halogens is 3. The van der Waals surface area contributed by atoms with Crippen molar-refractivity contribution in [3.8, 4) is 11.4 Å². The predicted molar refractivity (Wildman–Crippen MR) is 94.4 cm³/mol. The molecule has 0 spiro atoms. The molecule has 0 bridgehead atoms. The second kappa shape index (κ2) is 5.15. The van der Waals surface area contributed by atoms with Crippen molar-refractivity contribution in [2.75, 3.05) is 0 Å². The minimum absolute atomic E-state index is 0.828. The van der Waals surface area contributed by atoms with E-state index in [-0.39, 0.29) is 0 Å². The van der Waals surface area contributed by atoms with Crippen molar-refractivity contribution in [3.63, 3.8) is 0 Å². The number of aromatic nitrogens is 4. The van der Waals surface area contributed by atoms with Gasteiger partial charge in [-0.1, -0.05) is 5.21 Å². The summed E-state index contributed by atoms with van der Waals surface area (Å²) in [5.74, 6) is 0. The van der Waals surface area contributed by atoms with E-state index >= 15 is 0 Å². The summed E-state index contributed by atoms with van der Waals surface area (Å²) in [5, 5.41) is 8.47. The van der Waals surface area contributed by atoms with E-state index in [4.69, 9.17) is 0 Å². The van der Waals surface area contributed by atoms with Crippen LogP contribution in [-0.4, -0.2) is 19.8 Å². The highest BCUT2D eigenvalue weighted by atomic mass is 127. The first-order valence-electron chi connectivity index (χ1n) is 4.99. The Morgan fingerprint density at radius 3 is 2.56 bits per heavy atom. The fourth-order valence-electron chi connectivity index (χ4n) is 1.63. The lowest BCUT2D eigenvalue weighted by Gasteiger charge is -2.01. The molecule has 0 aliphatic rings. The molecule has 0 amide bonds. The van der Waals surface area contributed by atoms with Crippen LogP contribution < -0.4 is 0 Å². The topological polar surface area (TPSA) is 43.1 Å². The van der Waals surface area contributed by atoms with Gasteiger partial charge in [-0.2, -0.15) is 0 Å². The highest BCUT2D eigenvalue weighted by molar-refractivity contribution is 14.1. The molecule has 0 aliphatic heterocycles. The molecule has 0 radical (unpaired) electrons. The summed E-state index contributed by atoms with van der Waals surface area (Å²) in [4.78, 5) is 4.40. The lowest BCUT2D eigenvalue weighted by molar-refractivity contribution is 0.834. The Hall–Kier alpha value is -0.0400. The van der Waals surface area contributed by atoms with Gasteiger partial charge < -0.3 is 0 Å². The third kappa shape index (κ3) is 2.13. The van der Waals surface area contributed by atoms with E-state index in [1.54, 1.807) is 6.20 Å². The molecular weight excluding hydrogens is 569 g/mol. The monoisotopic (exact) mass is 574 g/mol. The van der Waals surface area contributed by atoms with Crippen molar-refractivity contribution in [1.82, 2.24) is 19.8 Å². The summed E-state index contributed by atoms with van der Waals surface area (Å²) >= 11 is 6.83. The predicted octanol–water partition coefficient (Wildman–Crippen LogP) is 3.61. The van der Waals surface area contributed by atoms with E-state index in [9.17, 15) is 0 Å². The van der Waals surface area contributed by atoms with Crippen molar-refractivity contribution in [2.45, 2.75) is 0 Å². The average molecular weight is 574 g/mol. The summed E-state index contributed by atoms with van der Waals surface area (Å²) in [6.07, 6.45) is 1.78. The van der Waals surface area contributed by atoms with Crippen molar-refractivity contribution in [1.29, 1.82) is 0 Å². The van der Waals surface area contributed by atoms with Crippen molar-refractivity contribution in [2.24, 2.45) is 0 Å². The molecule has 0 aromatic carbocycles. The van der Waals surface area contributed by atoms with Gasteiger partial charge in [0.25, 0.3) is 0 Å². The number of nitrogens with zero attached hydrogens (tertiary/aromatic N) is 4. The van der Waals surface area contributed by atoms with Crippen LogP contribution in [0, 0.1) is 10.8 Å². The number of hydrogen-bond acceptors (Lipinski definition) is 3. The standard InChI is InChI=1S/C11H5I3N4/c12-6-2-1-5-15-9(6)10-8-4-3-7(13)11(14)18(8)17-16-10/h1-5H. The van der Waals surface area contributed by atoms with Gasteiger partial charge in [0, 0.05) is 13.3 Å². The molecule has 0 atom stereocenters. The van der Waals surface area contributed by atoms with Gasteiger partial charge in [-0.3, -0.25) is 4.98 Å². The van der Waals surface area contributed by atoms with Crippen LogP contribution in [0.2, 0.25) is 0 Å². The molecule has 0 fully saturated rings. The maximum atomic E-state index is 4.40. The molecule has 3 rings (SSSR count). The Bertz CT molecular complexity index is 738. The summed E-state index contributed by atoms with van der Waals surface area (Å²) in [6, 6.07) is 8.04. The number of rotatable bonds is 1. The molecule has 18 heavy (non-hydrogen) atoms. The highest BCUT2D eigenvalue weighted by Gasteiger charge is 2.14. The molecule has 0 aliphatic carbocycles. The van der Waals surface area contributed by atoms with Crippen LogP contribution in [0.1, 0.15) is 0 Å². The fourth-order valence-corrected chi connectivity index (χ4v) is 3.18. The van der Waals surface area contributed by atoms with Gasteiger partial charge in [-0.05, 0) is 92.0 Å². The average Bonchev–Trinajstić information content (AvgIpc) is 2.79. The Morgan fingerprint density at radius 1 is 0.944 bits per heavy atom. The van der Waals surface area contributed by atoms with Gasteiger partial charge in [0.2, 0.25) is 0 Å². The smallest absolute Gasteiger partial charge is 0.140 e. The van der Waals surface area contributed by atoms with Crippen molar-refractivity contribution < 1.29 is 0 Å². The zero-order valence-corrected chi connectivity index (χ0v) is 15.3. The molecule has 0 saturated carbocycles. The van der Waals surface area contributed by atoms with Crippen LogP contribution in [0.25, 0.3) is 16.9 Å². The minimum atomic E-state index is 0.828. The first kappa shape index (κ1) is 13.0. The molecule has 90 valence electrons. The largest absolute Gasteiger partial charge is 0.253 e. The second-order valence-corrected chi connectivity index (χ2v) is 6.89. The summed E-state index contributed by atoms with van der Waals surface area (Å²) < 4.78 is 5.15. The summed E-state index contributed by atoms with van der Waals surface area (Å²) in [7, 11) is 0. The Labute approximate surface area is 144 Å². The van der Waals surface area contributed by atoms with E-state index in [0.29, 0.717) is 0 Å². The zero-order valence-electron chi connectivity index (χ0n) is 8.81. The zero-order chi connectivity index (χ0) is 12.7. The molecular formula is C11H5I3N4. The van der Waals surface area contributed by atoms with Gasteiger partial charge in [0.1, 0.15) is 15.1 Å². The molecule has 3 aromatic heterocycles. The van der Waals surface area contributed by atoms with Crippen LogP contribution in [0.15, 0.2) is 30.5 Å². The van der Waals surface area contributed by atoms with Crippen LogP contribution in [0.4, 0.5) is 0 Å². The molecule has 0 saturated heterocycles. The van der Waals surface area contributed by atoms with Gasteiger partial charge >= 0.3 is 0 Å². The Kier molecular flexibility index (Phi) is 3.71. The van der Waals surface area contributed by atoms with Gasteiger partial charge in [0.05, 0.1) is 5.52 Å². The first-order chi connectivity index (χ1) is 8.68. The molecule has 3 heterocycles. The third-order valence-electron chi connectivity index (χ3n) is 2.46. The van der Waals surface area contributed by atoms with Gasteiger partial charge in [0.15, 0.2) is 0 Å². The lowest BCUT2D eigenvalue weighted by atomic mass is 10.2. The van der Waals surface area contributed by atoms with E-state index in [1.807, 2.05) is 22.7 Å². The number of fused-ring (bicyclic) bond motifs is 1. The van der Waals surface area contributed by atoms with E-state index < -0.39 is 0 Å². The first-order valence-corrected chi connectivity index (χ1v) is 8.22. The minimum Gasteiger partial charge on any atom is -0.253 e. The Morgan fingerprint density at radius 2 is 1.78 bits per heavy atom. The summed E-state index contributed by atoms with van der Waals surface area (Å²) in [5.41, 5.74) is 2.69. The quantitative estimate of drug-likeness (QED) is 0.330. The van der Waals surface area contributed by atoms with Crippen molar-refractivity contribution >= 4 is 73.3 Å². The van der Waals surface area contributed by atoms with Crippen LogP contribution in [-0.2, 0) is 0 Å². The van der Waals surface area contributed by atoms with E-state index in [2.05, 4.69) is 89.1 Å². The normalized spacial score (nSPS) is 11.1. The molecule has 3 aromatic rings. The second-order valence-electron chi connectivity index (χ2n) is 3.54. The number of pyridine rings is 2.